The Morgan fingerprint density at radius 2 is 2.24 bits per heavy atom. The van der Waals surface area contributed by atoms with Crippen LogP contribution < -0.4 is 15.6 Å². The number of ether oxygens (including phenoxy) is 1. The first-order chi connectivity index (χ1) is 12.0. The molecule has 1 unspecified atom stereocenters. The predicted molar refractivity (Wildman–Crippen MR) is 95.6 cm³/mol. The molecule has 25 heavy (non-hydrogen) atoms. The Labute approximate surface area is 152 Å². The monoisotopic (exact) mass is 383 g/mol. The Kier molecular flexibility index (Phi) is 5.12. The van der Waals surface area contributed by atoms with E-state index in [1.165, 1.54) is 10.9 Å². The Morgan fingerprint density at radius 1 is 1.44 bits per heavy atom. The fraction of sp³-hybridized carbons (Fsp3) is 0.267. The van der Waals surface area contributed by atoms with Gasteiger partial charge in [-0.3, -0.25) is 14.5 Å². The molecular formula is C15H15Cl2N5O3. The number of aromatic amines is 1. The van der Waals surface area contributed by atoms with Crippen LogP contribution in [0.15, 0.2) is 29.2 Å². The van der Waals surface area contributed by atoms with E-state index in [-0.39, 0.29) is 29.7 Å². The van der Waals surface area contributed by atoms with E-state index >= 15 is 0 Å². The summed E-state index contributed by atoms with van der Waals surface area (Å²) in [6.07, 6.45) is 0.588. The number of anilines is 1. The van der Waals surface area contributed by atoms with Crippen LogP contribution in [0.4, 0.5) is 5.95 Å². The summed E-state index contributed by atoms with van der Waals surface area (Å²) in [5.74, 6) is 0.622. The molecule has 0 spiro atoms. The highest BCUT2D eigenvalue weighted by atomic mass is 35.5. The molecule has 10 heteroatoms. The Hall–Kier alpha value is -2.29. The minimum absolute atomic E-state index is 0.00868. The lowest BCUT2D eigenvalue weighted by Gasteiger charge is -2.14. The first kappa shape index (κ1) is 17.5. The number of nitrogens with zero attached hydrogens (tertiary/aromatic N) is 3. The van der Waals surface area contributed by atoms with E-state index in [9.17, 15) is 9.90 Å². The molecule has 1 aromatic carbocycles. The number of halogens is 2. The van der Waals surface area contributed by atoms with Crippen LogP contribution in [-0.2, 0) is 7.05 Å². The third kappa shape index (κ3) is 3.87. The second kappa shape index (κ2) is 7.30. The minimum atomic E-state index is -0.859. The predicted octanol–water partition coefficient (Wildman–Crippen LogP) is 1.82. The number of benzene rings is 1. The van der Waals surface area contributed by atoms with Crippen molar-refractivity contribution >= 4 is 40.2 Å². The zero-order chi connectivity index (χ0) is 18.0. The molecule has 0 fully saturated rings. The second-order valence-corrected chi connectivity index (χ2v) is 6.10. The van der Waals surface area contributed by atoms with Crippen molar-refractivity contribution in [3.8, 4) is 5.75 Å². The van der Waals surface area contributed by atoms with Crippen molar-refractivity contribution < 1.29 is 9.84 Å². The zero-order valence-corrected chi connectivity index (χ0v) is 14.7. The molecule has 0 amide bonds. The molecule has 1 atom stereocenters. The maximum Gasteiger partial charge on any atom is 0.263 e. The molecule has 3 rings (SSSR count). The van der Waals surface area contributed by atoms with Gasteiger partial charge in [0, 0.05) is 13.6 Å². The van der Waals surface area contributed by atoms with Gasteiger partial charge in [0.05, 0.1) is 11.2 Å². The molecule has 0 aliphatic heterocycles. The lowest BCUT2D eigenvalue weighted by atomic mass is 10.3. The second-order valence-electron chi connectivity index (χ2n) is 5.32. The zero-order valence-electron chi connectivity index (χ0n) is 13.2. The number of rotatable bonds is 6. The SMILES string of the molecule is Cn1ncc2c(=O)[nH]c(NCC(O)COc3cccc(Cl)c3Cl)nc21. The quantitative estimate of drug-likeness (QED) is 0.599. The molecule has 3 N–H and O–H groups in total. The van der Waals surface area contributed by atoms with E-state index in [0.29, 0.717) is 21.8 Å². The largest absolute Gasteiger partial charge is 0.489 e. The van der Waals surface area contributed by atoms with Crippen LogP contribution in [0, 0.1) is 0 Å². The highest BCUT2D eigenvalue weighted by Crippen LogP contribution is 2.31. The summed E-state index contributed by atoms with van der Waals surface area (Å²) in [6, 6.07) is 5.00. The van der Waals surface area contributed by atoms with Gasteiger partial charge in [0.25, 0.3) is 5.56 Å². The van der Waals surface area contributed by atoms with E-state index < -0.39 is 6.10 Å². The van der Waals surface area contributed by atoms with Gasteiger partial charge in [-0.1, -0.05) is 29.3 Å². The van der Waals surface area contributed by atoms with Gasteiger partial charge in [0.1, 0.15) is 28.9 Å². The summed E-state index contributed by atoms with van der Waals surface area (Å²) in [6.45, 7) is 0.107. The summed E-state index contributed by atoms with van der Waals surface area (Å²) in [5, 5.41) is 17.9. The lowest BCUT2D eigenvalue weighted by molar-refractivity contribution is 0.117. The summed E-state index contributed by atoms with van der Waals surface area (Å²) >= 11 is 11.9. The summed E-state index contributed by atoms with van der Waals surface area (Å²) < 4.78 is 6.95. The Balaban J connectivity index is 1.60. The van der Waals surface area contributed by atoms with Crippen molar-refractivity contribution in [1.82, 2.24) is 19.7 Å². The standard InChI is InChI=1S/C15H15Cl2N5O3/c1-22-13-9(6-19-22)14(24)21-15(20-13)18-5-8(23)7-25-11-4-2-3-10(16)12(11)17/h2-4,6,8,23H,5,7H2,1H3,(H2,18,20,21,24). The third-order valence-corrected chi connectivity index (χ3v) is 4.26. The Bertz CT molecular complexity index is 956. The van der Waals surface area contributed by atoms with Gasteiger partial charge in [0.2, 0.25) is 5.95 Å². The first-order valence-corrected chi connectivity index (χ1v) is 8.12. The van der Waals surface area contributed by atoms with Crippen LogP contribution in [-0.4, -0.2) is 44.1 Å². The van der Waals surface area contributed by atoms with Crippen molar-refractivity contribution in [3.63, 3.8) is 0 Å². The van der Waals surface area contributed by atoms with Gasteiger partial charge >= 0.3 is 0 Å². The van der Waals surface area contributed by atoms with Crippen molar-refractivity contribution in [3.05, 3.63) is 44.8 Å². The third-order valence-electron chi connectivity index (χ3n) is 3.45. The number of hydrogen-bond donors (Lipinski definition) is 3. The molecule has 0 aliphatic carbocycles. The van der Waals surface area contributed by atoms with Gasteiger partial charge in [-0.05, 0) is 12.1 Å². The van der Waals surface area contributed by atoms with E-state index in [1.54, 1.807) is 25.2 Å². The van der Waals surface area contributed by atoms with Gasteiger partial charge in [-0.2, -0.15) is 10.1 Å². The van der Waals surface area contributed by atoms with E-state index in [1.807, 2.05) is 0 Å². The van der Waals surface area contributed by atoms with Gasteiger partial charge in [0.15, 0.2) is 5.65 Å². The molecule has 8 nitrogen and oxygen atoms in total. The number of hydrogen-bond acceptors (Lipinski definition) is 6. The molecular weight excluding hydrogens is 369 g/mol. The van der Waals surface area contributed by atoms with Crippen molar-refractivity contribution in [1.29, 1.82) is 0 Å². The van der Waals surface area contributed by atoms with Crippen molar-refractivity contribution in [2.45, 2.75) is 6.10 Å². The Morgan fingerprint density at radius 3 is 3.04 bits per heavy atom. The van der Waals surface area contributed by atoms with Crippen LogP contribution in [0.25, 0.3) is 11.0 Å². The topological polar surface area (TPSA) is 105 Å². The molecule has 0 radical (unpaired) electrons. The van der Waals surface area contributed by atoms with E-state index in [2.05, 4.69) is 20.4 Å². The van der Waals surface area contributed by atoms with Crippen molar-refractivity contribution in [2.75, 3.05) is 18.5 Å². The fourth-order valence-corrected chi connectivity index (χ4v) is 2.52. The number of H-pyrrole nitrogens is 1. The lowest BCUT2D eigenvalue weighted by Crippen LogP contribution is -2.27. The molecule has 0 saturated carbocycles. The number of aliphatic hydroxyl groups excluding tert-OH is 1. The highest BCUT2D eigenvalue weighted by Gasteiger charge is 2.11. The normalized spacial score (nSPS) is 12.3. The average molecular weight is 384 g/mol. The van der Waals surface area contributed by atoms with Crippen LogP contribution in [0.2, 0.25) is 10.0 Å². The maximum absolute atomic E-state index is 11.9. The smallest absolute Gasteiger partial charge is 0.263 e. The summed E-state index contributed by atoms with van der Waals surface area (Å²) in [5.41, 5.74) is 0.139. The maximum atomic E-state index is 11.9. The molecule has 3 aromatic rings. The molecule has 132 valence electrons. The molecule has 2 aromatic heterocycles. The van der Waals surface area contributed by atoms with Crippen molar-refractivity contribution in [2.24, 2.45) is 7.05 Å². The molecule has 0 saturated heterocycles. The number of fused-ring (bicyclic) bond motifs is 1. The fourth-order valence-electron chi connectivity index (χ4n) is 2.17. The number of aliphatic hydroxyl groups is 1. The van der Waals surface area contributed by atoms with E-state index in [4.69, 9.17) is 27.9 Å². The van der Waals surface area contributed by atoms with Crippen LogP contribution in [0.3, 0.4) is 0 Å². The van der Waals surface area contributed by atoms with E-state index in [0.717, 1.165) is 0 Å². The highest BCUT2D eigenvalue weighted by molar-refractivity contribution is 6.42. The summed E-state index contributed by atoms with van der Waals surface area (Å²) in [4.78, 5) is 18.8. The van der Waals surface area contributed by atoms with Crippen LogP contribution in [0.5, 0.6) is 5.75 Å². The van der Waals surface area contributed by atoms with Crippen LogP contribution >= 0.6 is 23.2 Å². The number of aryl methyl sites for hydroxylation is 1. The van der Waals surface area contributed by atoms with Gasteiger partial charge < -0.3 is 15.2 Å². The molecule has 0 aliphatic rings. The molecule has 2 heterocycles. The van der Waals surface area contributed by atoms with Gasteiger partial charge in [-0.15, -0.1) is 0 Å². The van der Waals surface area contributed by atoms with Crippen LogP contribution in [0.1, 0.15) is 0 Å². The minimum Gasteiger partial charge on any atom is -0.489 e. The summed E-state index contributed by atoms with van der Waals surface area (Å²) in [7, 11) is 1.69. The first-order valence-electron chi connectivity index (χ1n) is 7.36. The number of nitrogens with one attached hydrogen (secondary N) is 2. The molecule has 0 bridgehead atoms. The average Bonchev–Trinajstić information content (AvgIpc) is 2.96. The number of aromatic nitrogens is 4. The van der Waals surface area contributed by atoms with Gasteiger partial charge in [-0.25, -0.2) is 0 Å².